The van der Waals surface area contributed by atoms with E-state index in [2.05, 4.69) is 15.2 Å². The maximum atomic E-state index is 12.0. The van der Waals surface area contributed by atoms with Crippen LogP contribution in [0, 0.1) is 6.92 Å². The van der Waals surface area contributed by atoms with E-state index in [4.69, 9.17) is 4.52 Å². The first kappa shape index (κ1) is 12.4. The second kappa shape index (κ2) is 4.69. The van der Waals surface area contributed by atoms with Crippen LogP contribution in [0.5, 0.6) is 0 Å². The van der Waals surface area contributed by atoms with E-state index in [0.717, 1.165) is 5.69 Å². The van der Waals surface area contributed by atoms with Crippen molar-refractivity contribution in [2.75, 3.05) is 17.1 Å². The van der Waals surface area contributed by atoms with Crippen molar-refractivity contribution in [3.63, 3.8) is 0 Å². The molecule has 0 amide bonds. The van der Waals surface area contributed by atoms with Crippen LogP contribution in [0.3, 0.4) is 0 Å². The van der Waals surface area contributed by atoms with Gasteiger partial charge in [-0.3, -0.25) is 4.72 Å². The van der Waals surface area contributed by atoms with E-state index in [1.54, 1.807) is 26.1 Å². The van der Waals surface area contributed by atoms with Crippen LogP contribution in [0.15, 0.2) is 39.8 Å². The van der Waals surface area contributed by atoms with Crippen molar-refractivity contribution in [1.29, 1.82) is 0 Å². The minimum absolute atomic E-state index is 0.169. The third-order valence-electron chi connectivity index (χ3n) is 2.32. The second-order valence-corrected chi connectivity index (χ2v) is 5.39. The van der Waals surface area contributed by atoms with Crippen molar-refractivity contribution in [2.45, 2.75) is 11.8 Å². The Balaban J connectivity index is 2.24. The fraction of sp³-hybridized carbons (Fsp3) is 0.182. The van der Waals surface area contributed by atoms with Crippen LogP contribution in [-0.4, -0.2) is 20.6 Å². The third-order valence-corrected chi connectivity index (χ3v) is 3.69. The molecule has 2 aromatic rings. The average Bonchev–Trinajstić information content (AvgIpc) is 2.74. The predicted octanol–water partition coefficient (Wildman–Crippen LogP) is 1.83. The summed E-state index contributed by atoms with van der Waals surface area (Å²) in [5.74, 6) is 0.712. The quantitative estimate of drug-likeness (QED) is 0.882. The highest BCUT2D eigenvalue weighted by molar-refractivity contribution is 7.92. The van der Waals surface area contributed by atoms with E-state index >= 15 is 0 Å². The van der Waals surface area contributed by atoms with Crippen LogP contribution in [0.2, 0.25) is 0 Å². The minimum atomic E-state index is -3.63. The SMILES string of the molecule is CNc1ccc(S(=O)(=O)Nc2cc(C)on2)cc1. The summed E-state index contributed by atoms with van der Waals surface area (Å²) < 4.78 is 31.1. The standard InChI is InChI=1S/C11H13N3O3S/c1-8-7-11(13-17-8)14-18(15,16)10-5-3-9(12-2)4-6-10/h3-7,12H,1-2H3,(H,13,14). The molecule has 1 heterocycles. The summed E-state index contributed by atoms with van der Waals surface area (Å²) in [6, 6.07) is 7.91. The Kier molecular flexibility index (Phi) is 3.24. The van der Waals surface area contributed by atoms with Gasteiger partial charge in [0.25, 0.3) is 10.0 Å². The van der Waals surface area contributed by atoms with E-state index < -0.39 is 10.0 Å². The maximum absolute atomic E-state index is 12.0. The van der Waals surface area contributed by atoms with Crippen LogP contribution in [0.25, 0.3) is 0 Å². The number of rotatable bonds is 4. The highest BCUT2D eigenvalue weighted by Crippen LogP contribution is 2.17. The van der Waals surface area contributed by atoms with Gasteiger partial charge in [0.2, 0.25) is 0 Å². The van der Waals surface area contributed by atoms with Crippen molar-refractivity contribution in [3.8, 4) is 0 Å². The topological polar surface area (TPSA) is 84.2 Å². The van der Waals surface area contributed by atoms with Crippen LogP contribution < -0.4 is 10.0 Å². The van der Waals surface area contributed by atoms with Crippen LogP contribution in [0.1, 0.15) is 5.76 Å². The van der Waals surface area contributed by atoms with Gasteiger partial charge in [-0.25, -0.2) is 8.42 Å². The molecule has 0 aliphatic rings. The van der Waals surface area contributed by atoms with Crippen molar-refractivity contribution >= 4 is 21.5 Å². The van der Waals surface area contributed by atoms with Crippen molar-refractivity contribution < 1.29 is 12.9 Å². The Labute approximate surface area is 105 Å². The number of benzene rings is 1. The van der Waals surface area contributed by atoms with Crippen LogP contribution in [0.4, 0.5) is 11.5 Å². The number of nitrogens with one attached hydrogen (secondary N) is 2. The number of nitrogens with zero attached hydrogens (tertiary/aromatic N) is 1. The summed E-state index contributed by atoms with van der Waals surface area (Å²) >= 11 is 0. The molecule has 0 aliphatic heterocycles. The highest BCUT2D eigenvalue weighted by Gasteiger charge is 2.15. The molecular weight excluding hydrogens is 254 g/mol. The van der Waals surface area contributed by atoms with Gasteiger partial charge in [0.05, 0.1) is 4.90 Å². The Bertz CT molecular complexity index is 632. The van der Waals surface area contributed by atoms with Crippen molar-refractivity contribution in [2.24, 2.45) is 0 Å². The highest BCUT2D eigenvalue weighted by atomic mass is 32.2. The average molecular weight is 267 g/mol. The number of aryl methyl sites for hydroxylation is 1. The second-order valence-electron chi connectivity index (χ2n) is 3.70. The summed E-state index contributed by atoms with van der Waals surface area (Å²) in [6.45, 7) is 1.69. The van der Waals surface area contributed by atoms with Gasteiger partial charge < -0.3 is 9.84 Å². The molecule has 18 heavy (non-hydrogen) atoms. The maximum Gasteiger partial charge on any atom is 0.263 e. The largest absolute Gasteiger partial charge is 0.388 e. The zero-order valence-electron chi connectivity index (χ0n) is 9.97. The molecule has 1 aromatic heterocycles. The zero-order valence-corrected chi connectivity index (χ0v) is 10.8. The van der Waals surface area contributed by atoms with Gasteiger partial charge in [-0.2, -0.15) is 0 Å². The molecule has 0 saturated carbocycles. The molecule has 2 N–H and O–H groups in total. The molecule has 2 rings (SSSR count). The Morgan fingerprint density at radius 1 is 1.22 bits per heavy atom. The molecule has 6 nitrogen and oxygen atoms in total. The Morgan fingerprint density at radius 3 is 2.39 bits per heavy atom. The van der Waals surface area contributed by atoms with Gasteiger partial charge in [-0.05, 0) is 31.2 Å². The molecule has 0 radical (unpaired) electrons. The lowest BCUT2D eigenvalue weighted by atomic mass is 10.3. The molecule has 0 unspecified atom stereocenters. The fourth-order valence-electron chi connectivity index (χ4n) is 1.41. The zero-order chi connectivity index (χ0) is 13.2. The van der Waals surface area contributed by atoms with E-state index in [0.29, 0.717) is 5.76 Å². The van der Waals surface area contributed by atoms with Crippen molar-refractivity contribution in [1.82, 2.24) is 5.16 Å². The van der Waals surface area contributed by atoms with Gasteiger partial charge in [0.15, 0.2) is 5.82 Å². The molecule has 96 valence electrons. The van der Waals surface area contributed by atoms with Gasteiger partial charge in [-0.15, -0.1) is 0 Å². The van der Waals surface area contributed by atoms with Crippen LogP contribution >= 0.6 is 0 Å². The van der Waals surface area contributed by atoms with Crippen LogP contribution in [-0.2, 0) is 10.0 Å². The molecule has 1 aromatic carbocycles. The lowest BCUT2D eigenvalue weighted by Gasteiger charge is -2.05. The number of sulfonamides is 1. The molecule has 0 aliphatic carbocycles. The molecular formula is C11H13N3O3S. The molecule has 0 atom stereocenters. The summed E-state index contributed by atoms with van der Waals surface area (Å²) in [5.41, 5.74) is 0.839. The number of aromatic nitrogens is 1. The Morgan fingerprint density at radius 2 is 1.89 bits per heavy atom. The Hall–Kier alpha value is -2.02. The number of hydrogen-bond donors (Lipinski definition) is 2. The first-order valence-electron chi connectivity index (χ1n) is 5.25. The number of hydrogen-bond acceptors (Lipinski definition) is 5. The molecule has 0 bridgehead atoms. The summed E-state index contributed by atoms with van der Waals surface area (Å²) in [6.07, 6.45) is 0. The van der Waals surface area contributed by atoms with E-state index in [1.807, 2.05) is 0 Å². The molecule has 0 saturated heterocycles. The van der Waals surface area contributed by atoms with E-state index in [1.165, 1.54) is 18.2 Å². The smallest absolute Gasteiger partial charge is 0.263 e. The summed E-state index contributed by atoms with van der Waals surface area (Å²) in [7, 11) is -1.86. The normalized spacial score (nSPS) is 11.2. The van der Waals surface area contributed by atoms with E-state index in [-0.39, 0.29) is 10.7 Å². The van der Waals surface area contributed by atoms with Gasteiger partial charge in [0.1, 0.15) is 5.76 Å². The summed E-state index contributed by atoms with van der Waals surface area (Å²) in [5, 5.41) is 6.50. The predicted molar refractivity (Wildman–Crippen MR) is 68.0 cm³/mol. The lowest BCUT2D eigenvalue weighted by molar-refractivity contribution is 0.400. The first-order valence-corrected chi connectivity index (χ1v) is 6.73. The third kappa shape index (κ3) is 2.62. The first-order chi connectivity index (χ1) is 8.51. The summed E-state index contributed by atoms with van der Waals surface area (Å²) in [4.78, 5) is 0.169. The molecule has 7 heteroatoms. The van der Waals surface area contributed by atoms with E-state index in [9.17, 15) is 8.42 Å². The van der Waals surface area contributed by atoms with Gasteiger partial charge in [0, 0.05) is 18.8 Å². The van der Waals surface area contributed by atoms with Gasteiger partial charge in [-0.1, -0.05) is 5.16 Å². The fourth-order valence-corrected chi connectivity index (χ4v) is 2.40. The van der Waals surface area contributed by atoms with Crippen molar-refractivity contribution in [3.05, 3.63) is 36.1 Å². The van der Waals surface area contributed by atoms with Gasteiger partial charge >= 0.3 is 0 Å². The molecule has 0 fully saturated rings. The monoisotopic (exact) mass is 267 g/mol. The lowest BCUT2D eigenvalue weighted by Crippen LogP contribution is -2.13. The number of anilines is 2. The molecule has 0 spiro atoms. The minimum Gasteiger partial charge on any atom is -0.388 e.